The predicted molar refractivity (Wildman–Crippen MR) is 96.4 cm³/mol. The van der Waals surface area contributed by atoms with E-state index in [1.54, 1.807) is 12.2 Å². The first kappa shape index (κ1) is 19.6. The lowest BCUT2D eigenvalue weighted by Gasteiger charge is -2.05. The van der Waals surface area contributed by atoms with Crippen molar-refractivity contribution in [3.05, 3.63) is 42.0 Å². The number of phenolic OH excluding ortho intramolecular Hbond substituents is 1. The summed E-state index contributed by atoms with van der Waals surface area (Å²) in [4.78, 5) is 21.4. The molecule has 0 heterocycles. The van der Waals surface area contributed by atoms with Crippen molar-refractivity contribution in [3.63, 3.8) is 0 Å². The number of allylic oxidation sites excluding steroid dienone is 4. The van der Waals surface area contributed by atoms with E-state index in [2.05, 4.69) is 5.32 Å². The molecule has 0 bridgehead atoms. The lowest BCUT2D eigenvalue weighted by Crippen LogP contribution is -2.13. The summed E-state index contributed by atoms with van der Waals surface area (Å²) in [5.74, 6) is -1.59. The number of nitrogens with one attached hydrogen (secondary N) is 3. The van der Waals surface area contributed by atoms with E-state index in [1.165, 1.54) is 18.2 Å². The Labute approximate surface area is 144 Å². The van der Waals surface area contributed by atoms with Gasteiger partial charge in [0.05, 0.1) is 23.5 Å². The number of nitrogens with two attached hydrogens (primary N) is 1. The molecule has 1 aliphatic carbocycles. The second kappa shape index (κ2) is 9.02. The van der Waals surface area contributed by atoms with Gasteiger partial charge < -0.3 is 21.3 Å². The Hall–Kier alpha value is -3.42. The lowest BCUT2D eigenvalue weighted by molar-refractivity contribution is -0.138. The first-order valence-electron chi connectivity index (χ1n) is 7.33. The van der Waals surface area contributed by atoms with Crippen LogP contribution in [0.2, 0.25) is 0 Å². The fourth-order valence-corrected chi connectivity index (χ4v) is 1.72. The van der Waals surface area contributed by atoms with Gasteiger partial charge in [-0.05, 0) is 36.8 Å². The van der Waals surface area contributed by atoms with E-state index in [4.69, 9.17) is 21.7 Å². The lowest BCUT2D eigenvalue weighted by atomic mass is 10.1. The van der Waals surface area contributed by atoms with E-state index in [-0.39, 0.29) is 24.3 Å². The van der Waals surface area contributed by atoms with Crippen molar-refractivity contribution in [3.8, 4) is 5.75 Å². The molecule has 25 heavy (non-hydrogen) atoms. The molecule has 0 atom stereocenters. The van der Waals surface area contributed by atoms with Crippen LogP contribution in [0.15, 0.2) is 42.0 Å². The summed E-state index contributed by atoms with van der Waals surface area (Å²) in [6.07, 6.45) is 4.81. The Kier molecular flexibility index (Phi) is 7.08. The van der Waals surface area contributed by atoms with Gasteiger partial charge in [0.15, 0.2) is 0 Å². The minimum Gasteiger partial charge on any atom is -0.506 e. The van der Waals surface area contributed by atoms with Gasteiger partial charge in [-0.25, -0.2) is 0 Å². The largest absolute Gasteiger partial charge is 0.506 e. The van der Waals surface area contributed by atoms with E-state index in [9.17, 15) is 14.7 Å². The number of carbonyl (C=O) groups excluding carboxylic acids is 1. The Morgan fingerprint density at radius 2 is 1.84 bits per heavy atom. The van der Waals surface area contributed by atoms with Gasteiger partial charge in [0.25, 0.3) is 0 Å². The summed E-state index contributed by atoms with van der Waals surface area (Å²) >= 11 is 0. The number of carboxylic acids is 1. The number of aliphatic carboxylic acids is 1. The molecule has 1 aliphatic rings. The third-order valence-electron chi connectivity index (χ3n) is 3.06. The maximum absolute atomic E-state index is 11.2. The molecular weight excluding hydrogens is 324 g/mol. The number of carbonyl (C=O) groups is 2. The third kappa shape index (κ3) is 7.12. The molecule has 1 aromatic rings. The van der Waals surface area contributed by atoms with E-state index in [0.717, 1.165) is 5.57 Å². The van der Waals surface area contributed by atoms with E-state index in [0.29, 0.717) is 17.1 Å². The van der Waals surface area contributed by atoms with Gasteiger partial charge in [0, 0.05) is 18.2 Å². The SMILES string of the molecule is CC1=CC(=N)C(=N)C=C1.Nc1ccc(NC(=O)CCC(=O)O)cc1O. The van der Waals surface area contributed by atoms with Crippen LogP contribution in [0.1, 0.15) is 19.8 Å². The molecule has 8 nitrogen and oxygen atoms in total. The first-order chi connectivity index (χ1) is 11.7. The van der Waals surface area contributed by atoms with Crippen LogP contribution in [0, 0.1) is 10.8 Å². The van der Waals surface area contributed by atoms with Crippen molar-refractivity contribution in [1.82, 2.24) is 0 Å². The van der Waals surface area contributed by atoms with Crippen LogP contribution < -0.4 is 11.1 Å². The normalized spacial score (nSPS) is 12.8. The number of carboxylic acid groups (broad SMARTS) is 1. The molecule has 0 fully saturated rings. The van der Waals surface area contributed by atoms with Gasteiger partial charge in [0.1, 0.15) is 5.75 Å². The topological polar surface area (TPSA) is 160 Å². The summed E-state index contributed by atoms with van der Waals surface area (Å²) in [6, 6.07) is 4.27. The number of aromatic hydroxyl groups is 1. The summed E-state index contributed by atoms with van der Waals surface area (Å²) in [5.41, 5.74) is 7.60. The number of benzene rings is 1. The molecule has 7 N–H and O–H groups in total. The van der Waals surface area contributed by atoms with Crippen molar-refractivity contribution in [2.45, 2.75) is 19.8 Å². The molecule has 0 saturated carbocycles. The Morgan fingerprint density at radius 3 is 2.36 bits per heavy atom. The number of anilines is 2. The van der Waals surface area contributed by atoms with Crippen LogP contribution in [0.3, 0.4) is 0 Å². The molecule has 0 saturated heterocycles. The van der Waals surface area contributed by atoms with Gasteiger partial charge >= 0.3 is 5.97 Å². The second-order valence-corrected chi connectivity index (χ2v) is 5.26. The number of rotatable bonds is 4. The highest BCUT2D eigenvalue weighted by Gasteiger charge is 2.06. The van der Waals surface area contributed by atoms with Crippen LogP contribution >= 0.6 is 0 Å². The average molecular weight is 344 g/mol. The molecule has 0 spiro atoms. The highest BCUT2D eigenvalue weighted by atomic mass is 16.4. The summed E-state index contributed by atoms with van der Waals surface area (Å²) in [6.45, 7) is 1.91. The maximum Gasteiger partial charge on any atom is 0.303 e. The Bertz CT molecular complexity index is 766. The molecule has 0 aromatic heterocycles. The van der Waals surface area contributed by atoms with Crippen molar-refractivity contribution in [2.24, 2.45) is 0 Å². The fourth-order valence-electron chi connectivity index (χ4n) is 1.72. The Morgan fingerprint density at radius 1 is 1.16 bits per heavy atom. The second-order valence-electron chi connectivity index (χ2n) is 5.26. The highest BCUT2D eigenvalue weighted by molar-refractivity contribution is 6.49. The number of amides is 1. The van der Waals surface area contributed by atoms with Gasteiger partial charge in [-0.3, -0.25) is 20.4 Å². The molecule has 1 aromatic carbocycles. The minimum atomic E-state index is -1.03. The van der Waals surface area contributed by atoms with Gasteiger partial charge in [-0.2, -0.15) is 0 Å². The average Bonchev–Trinajstić information content (AvgIpc) is 2.53. The van der Waals surface area contributed by atoms with Crippen molar-refractivity contribution in [2.75, 3.05) is 11.1 Å². The Balaban J connectivity index is 0.000000293. The van der Waals surface area contributed by atoms with Crippen molar-refractivity contribution < 1.29 is 19.8 Å². The zero-order valence-corrected chi connectivity index (χ0v) is 13.7. The summed E-state index contributed by atoms with van der Waals surface area (Å²) in [7, 11) is 0. The standard InChI is InChI=1S/C10H12N2O4.C7H8N2/c11-7-2-1-6(5-8(7)13)12-9(14)3-4-10(15)16;1-5-2-3-6(8)7(9)4-5/h1-2,5,13H,3-4,11H2,(H,12,14)(H,15,16);2-4,8-9H,1H3. The van der Waals surface area contributed by atoms with Crippen LogP contribution in [-0.2, 0) is 9.59 Å². The van der Waals surface area contributed by atoms with Gasteiger partial charge in [-0.15, -0.1) is 0 Å². The summed E-state index contributed by atoms with van der Waals surface area (Å²) < 4.78 is 0. The van der Waals surface area contributed by atoms with E-state index in [1.807, 2.05) is 13.0 Å². The van der Waals surface area contributed by atoms with Gasteiger partial charge in [0.2, 0.25) is 5.91 Å². The molecule has 132 valence electrons. The third-order valence-corrected chi connectivity index (χ3v) is 3.06. The molecule has 0 aliphatic heterocycles. The number of hydrogen-bond acceptors (Lipinski definition) is 6. The molecule has 0 unspecified atom stereocenters. The summed E-state index contributed by atoms with van der Waals surface area (Å²) in [5, 5.41) is 34.4. The quantitative estimate of drug-likeness (QED) is 0.280. The monoisotopic (exact) mass is 344 g/mol. The molecule has 8 heteroatoms. The van der Waals surface area contributed by atoms with E-state index >= 15 is 0 Å². The van der Waals surface area contributed by atoms with Crippen LogP contribution in [0.4, 0.5) is 11.4 Å². The number of hydrogen-bond donors (Lipinski definition) is 6. The number of phenols is 1. The van der Waals surface area contributed by atoms with Crippen molar-refractivity contribution >= 4 is 34.7 Å². The maximum atomic E-state index is 11.2. The smallest absolute Gasteiger partial charge is 0.303 e. The van der Waals surface area contributed by atoms with Crippen LogP contribution in [-0.4, -0.2) is 33.5 Å². The zero-order valence-electron chi connectivity index (χ0n) is 13.7. The van der Waals surface area contributed by atoms with E-state index < -0.39 is 11.9 Å². The number of nitrogen functional groups attached to an aromatic ring is 1. The van der Waals surface area contributed by atoms with Crippen LogP contribution in [0.5, 0.6) is 5.75 Å². The van der Waals surface area contributed by atoms with Gasteiger partial charge in [-0.1, -0.05) is 6.08 Å². The van der Waals surface area contributed by atoms with Crippen molar-refractivity contribution in [1.29, 1.82) is 10.8 Å². The fraction of sp³-hybridized carbons (Fsp3) is 0.176. The molecule has 2 rings (SSSR count). The highest BCUT2D eigenvalue weighted by Crippen LogP contribution is 2.23. The molecular formula is C17H20N4O4. The zero-order chi connectivity index (χ0) is 19.0. The van der Waals surface area contributed by atoms with Crippen LogP contribution in [0.25, 0.3) is 0 Å². The first-order valence-corrected chi connectivity index (χ1v) is 7.33. The molecule has 0 radical (unpaired) electrons. The molecule has 1 amide bonds. The predicted octanol–water partition coefficient (Wildman–Crippen LogP) is 2.32. The minimum absolute atomic E-state index is 0.111.